The van der Waals surface area contributed by atoms with Crippen molar-refractivity contribution in [3.05, 3.63) is 52.3 Å². The van der Waals surface area contributed by atoms with Gasteiger partial charge >= 0.3 is 0 Å². The van der Waals surface area contributed by atoms with Crippen LogP contribution in [0.5, 0.6) is 0 Å². The third-order valence-electron chi connectivity index (χ3n) is 3.36. The molecular weight excluding hydrogens is 274 g/mol. The van der Waals surface area contributed by atoms with Crippen LogP contribution in [0.3, 0.4) is 0 Å². The van der Waals surface area contributed by atoms with Crippen molar-refractivity contribution in [2.45, 2.75) is 25.7 Å². The molecule has 0 aliphatic heterocycles. The number of benzene rings is 1. The molecule has 1 aromatic carbocycles. The molecule has 0 saturated heterocycles. The minimum absolute atomic E-state index is 0.273. The molecule has 1 aromatic heterocycles. The van der Waals surface area contributed by atoms with E-state index in [1.54, 1.807) is 18.2 Å². The molecule has 20 heavy (non-hydrogen) atoms. The van der Waals surface area contributed by atoms with Gasteiger partial charge in [-0.2, -0.15) is 5.10 Å². The highest BCUT2D eigenvalue weighted by Gasteiger charge is 2.25. The van der Waals surface area contributed by atoms with Crippen LogP contribution >= 0.6 is 11.6 Å². The molecule has 1 N–H and O–H groups in total. The molecule has 1 aliphatic carbocycles. The number of hydrogen-bond donors (Lipinski definition) is 1. The number of hydrogen-bond acceptors (Lipinski definition) is 3. The van der Waals surface area contributed by atoms with Crippen molar-refractivity contribution in [3.8, 4) is 0 Å². The second-order valence-corrected chi connectivity index (χ2v) is 5.47. The Kier molecular flexibility index (Phi) is 3.40. The molecule has 5 heteroatoms. The summed E-state index contributed by atoms with van der Waals surface area (Å²) in [6.45, 7) is 1.91. The fourth-order valence-corrected chi connectivity index (χ4v) is 2.15. The van der Waals surface area contributed by atoms with Crippen LogP contribution in [0.4, 0.5) is 5.69 Å². The summed E-state index contributed by atoms with van der Waals surface area (Å²) in [6.07, 6.45) is 2.34. The molecule has 1 heterocycles. The third kappa shape index (κ3) is 2.80. The van der Waals surface area contributed by atoms with Gasteiger partial charge in [0, 0.05) is 16.6 Å². The van der Waals surface area contributed by atoms with E-state index >= 15 is 0 Å². The van der Waals surface area contributed by atoms with Crippen molar-refractivity contribution in [1.82, 2.24) is 10.2 Å². The van der Waals surface area contributed by atoms with E-state index < -0.39 is 0 Å². The minimum Gasteiger partial charge on any atom is -0.320 e. The molecule has 0 radical (unpaired) electrons. The van der Waals surface area contributed by atoms with Gasteiger partial charge in [0.1, 0.15) is 0 Å². The maximum atomic E-state index is 12.1. The lowest BCUT2D eigenvalue weighted by atomic mass is 10.2. The molecule has 1 fully saturated rings. The fourth-order valence-electron chi connectivity index (χ4n) is 1.98. The summed E-state index contributed by atoms with van der Waals surface area (Å²) in [5.74, 6) is 0.264. The van der Waals surface area contributed by atoms with E-state index in [2.05, 4.69) is 15.5 Å². The van der Waals surface area contributed by atoms with Crippen LogP contribution in [0.25, 0.3) is 0 Å². The number of halogens is 1. The quantitative estimate of drug-likeness (QED) is 0.939. The molecule has 0 unspecified atom stereocenters. The molecule has 4 nitrogen and oxygen atoms in total. The van der Waals surface area contributed by atoms with Gasteiger partial charge < -0.3 is 5.32 Å². The van der Waals surface area contributed by atoms with Gasteiger partial charge in [0.25, 0.3) is 5.91 Å². The number of rotatable bonds is 3. The Hall–Kier alpha value is -1.94. The van der Waals surface area contributed by atoms with E-state index in [1.807, 2.05) is 19.1 Å². The normalized spacial score (nSPS) is 14.1. The highest BCUT2D eigenvalue weighted by atomic mass is 35.5. The van der Waals surface area contributed by atoms with Crippen LogP contribution in [0.1, 0.15) is 40.5 Å². The second kappa shape index (κ2) is 5.21. The van der Waals surface area contributed by atoms with Gasteiger partial charge in [-0.25, -0.2) is 0 Å². The SMILES string of the molecule is Cc1ccc(Cl)cc1NC(=O)c1ccc(C2CC2)nn1. The van der Waals surface area contributed by atoms with E-state index in [9.17, 15) is 4.79 Å². The standard InChI is InChI=1S/C15H14ClN3O/c1-9-2-5-11(16)8-14(9)17-15(20)13-7-6-12(18-19-13)10-3-4-10/h2,5-8,10H,3-4H2,1H3,(H,17,20). The average molecular weight is 288 g/mol. The van der Waals surface area contributed by atoms with Crippen molar-refractivity contribution in [3.63, 3.8) is 0 Å². The lowest BCUT2D eigenvalue weighted by Crippen LogP contribution is -2.15. The lowest BCUT2D eigenvalue weighted by Gasteiger charge is -2.08. The van der Waals surface area contributed by atoms with Crippen LogP contribution in [-0.2, 0) is 0 Å². The predicted molar refractivity (Wildman–Crippen MR) is 78.1 cm³/mol. The van der Waals surface area contributed by atoms with Gasteiger partial charge in [-0.15, -0.1) is 5.10 Å². The van der Waals surface area contributed by atoms with E-state index in [0.717, 1.165) is 11.3 Å². The van der Waals surface area contributed by atoms with Crippen LogP contribution < -0.4 is 5.32 Å². The lowest BCUT2D eigenvalue weighted by molar-refractivity contribution is 0.102. The third-order valence-corrected chi connectivity index (χ3v) is 3.60. The van der Waals surface area contributed by atoms with Crippen molar-refractivity contribution in [2.24, 2.45) is 0 Å². The van der Waals surface area contributed by atoms with E-state index in [0.29, 0.717) is 22.3 Å². The Morgan fingerprint density at radius 1 is 1.25 bits per heavy atom. The first-order chi connectivity index (χ1) is 9.63. The molecule has 1 aliphatic rings. The van der Waals surface area contributed by atoms with E-state index in [-0.39, 0.29) is 5.91 Å². The number of nitrogens with one attached hydrogen (secondary N) is 1. The Bertz CT molecular complexity index is 651. The zero-order chi connectivity index (χ0) is 14.1. The highest BCUT2D eigenvalue weighted by molar-refractivity contribution is 6.31. The summed E-state index contributed by atoms with van der Waals surface area (Å²) in [5.41, 5.74) is 2.93. The summed E-state index contributed by atoms with van der Waals surface area (Å²) in [6, 6.07) is 8.97. The zero-order valence-electron chi connectivity index (χ0n) is 11.1. The monoisotopic (exact) mass is 287 g/mol. The summed E-state index contributed by atoms with van der Waals surface area (Å²) >= 11 is 5.93. The van der Waals surface area contributed by atoms with Gasteiger partial charge in [0.05, 0.1) is 5.69 Å². The summed E-state index contributed by atoms with van der Waals surface area (Å²) in [4.78, 5) is 12.1. The number of nitrogens with zero attached hydrogens (tertiary/aromatic N) is 2. The smallest absolute Gasteiger partial charge is 0.276 e. The average Bonchev–Trinajstić information content (AvgIpc) is 3.27. The van der Waals surface area contributed by atoms with Gasteiger partial charge in [-0.1, -0.05) is 17.7 Å². The first-order valence-electron chi connectivity index (χ1n) is 6.54. The van der Waals surface area contributed by atoms with Crippen LogP contribution in [0, 0.1) is 6.92 Å². The summed E-state index contributed by atoms with van der Waals surface area (Å²) < 4.78 is 0. The van der Waals surface area contributed by atoms with Crippen molar-refractivity contribution in [1.29, 1.82) is 0 Å². The van der Waals surface area contributed by atoms with Gasteiger partial charge in [0.2, 0.25) is 0 Å². The molecule has 0 atom stereocenters. The Morgan fingerprint density at radius 3 is 2.70 bits per heavy atom. The maximum Gasteiger partial charge on any atom is 0.276 e. The first kappa shape index (κ1) is 13.1. The van der Waals surface area contributed by atoms with Gasteiger partial charge in [0.15, 0.2) is 5.69 Å². The Balaban J connectivity index is 1.76. The van der Waals surface area contributed by atoms with Crippen LogP contribution in [0.2, 0.25) is 5.02 Å². The van der Waals surface area contributed by atoms with Crippen LogP contribution in [0.15, 0.2) is 30.3 Å². The number of aryl methyl sites for hydroxylation is 1. The Labute approximate surface area is 122 Å². The number of anilines is 1. The molecule has 1 amide bonds. The minimum atomic E-state index is -0.273. The van der Waals surface area contributed by atoms with E-state index in [1.165, 1.54) is 12.8 Å². The first-order valence-corrected chi connectivity index (χ1v) is 6.92. The van der Waals surface area contributed by atoms with Crippen molar-refractivity contribution < 1.29 is 4.79 Å². The van der Waals surface area contributed by atoms with Gasteiger partial charge in [-0.3, -0.25) is 4.79 Å². The van der Waals surface area contributed by atoms with Gasteiger partial charge in [-0.05, 0) is 49.6 Å². The molecular formula is C15H14ClN3O. The maximum absolute atomic E-state index is 12.1. The number of aromatic nitrogens is 2. The van der Waals surface area contributed by atoms with Crippen LogP contribution in [-0.4, -0.2) is 16.1 Å². The van der Waals surface area contributed by atoms with Crippen molar-refractivity contribution >= 4 is 23.2 Å². The summed E-state index contributed by atoms with van der Waals surface area (Å²) in [7, 11) is 0. The number of carbonyl (C=O) groups excluding carboxylic acids is 1. The molecule has 3 rings (SSSR count). The highest BCUT2D eigenvalue weighted by Crippen LogP contribution is 2.38. The van der Waals surface area contributed by atoms with Crippen molar-refractivity contribution in [2.75, 3.05) is 5.32 Å². The second-order valence-electron chi connectivity index (χ2n) is 5.03. The molecule has 1 saturated carbocycles. The largest absolute Gasteiger partial charge is 0.320 e. The molecule has 102 valence electrons. The molecule has 0 bridgehead atoms. The van der Waals surface area contributed by atoms with E-state index in [4.69, 9.17) is 11.6 Å². The topological polar surface area (TPSA) is 54.9 Å². The Morgan fingerprint density at radius 2 is 2.05 bits per heavy atom. The molecule has 2 aromatic rings. The summed E-state index contributed by atoms with van der Waals surface area (Å²) in [5, 5.41) is 11.5. The predicted octanol–water partition coefficient (Wildman–Crippen LogP) is 3.57. The molecule has 0 spiro atoms. The fraction of sp³-hybridized carbons (Fsp3) is 0.267. The number of amides is 1. The number of carbonyl (C=O) groups is 1. The zero-order valence-corrected chi connectivity index (χ0v) is 11.8.